The van der Waals surface area contributed by atoms with Crippen LogP contribution in [0, 0.1) is 0 Å². The number of nitrogens with two attached hydrogens (primary N) is 2. The minimum absolute atomic E-state index is 0.0167. The highest BCUT2D eigenvalue weighted by atomic mass is 16.2. The highest BCUT2D eigenvalue weighted by molar-refractivity contribution is 6.33. The summed E-state index contributed by atoms with van der Waals surface area (Å²) in [6.45, 7) is 0. The Labute approximate surface area is 154 Å². The fraction of sp³-hybridized carbons (Fsp3) is 0. The number of ketones is 2. The number of amides is 1. The lowest BCUT2D eigenvalue weighted by molar-refractivity contribution is 0.0979. The Bertz CT molecular complexity index is 1120. The monoisotopic (exact) mass is 357 g/mol. The molecule has 27 heavy (non-hydrogen) atoms. The Kier molecular flexibility index (Phi) is 3.74. The molecule has 0 saturated carbocycles. The molecule has 0 atom stereocenters. The third kappa shape index (κ3) is 2.55. The van der Waals surface area contributed by atoms with Gasteiger partial charge in [-0.2, -0.15) is 0 Å². The van der Waals surface area contributed by atoms with E-state index in [0.29, 0.717) is 5.69 Å². The molecule has 3 aromatic rings. The number of hydrogen-bond donors (Lipinski definition) is 3. The van der Waals surface area contributed by atoms with Crippen molar-refractivity contribution < 1.29 is 14.4 Å². The normalized spacial score (nSPS) is 12.3. The maximum atomic E-state index is 12.9. The SMILES string of the molecule is Nc1cc(C(=O)Nc2ccccc2)c(N)c2c1C(=O)c1ccccc1C2=O. The minimum Gasteiger partial charge on any atom is -0.398 e. The number of rotatable bonds is 2. The van der Waals surface area contributed by atoms with E-state index in [1.54, 1.807) is 48.5 Å². The van der Waals surface area contributed by atoms with Gasteiger partial charge < -0.3 is 16.8 Å². The Balaban J connectivity index is 1.84. The first-order valence-electron chi connectivity index (χ1n) is 8.26. The number of anilines is 3. The number of benzene rings is 3. The zero-order valence-electron chi connectivity index (χ0n) is 14.2. The highest BCUT2D eigenvalue weighted by Crippen LogP contribution is 2.36. The summed E-state index contributed by atoms with van der Waals surface area (Å²) in [6, 6.07) is 16.6. The van der Waals surface area contributed by atoms with Crippen LogP contribution in [0.2, 0.25) is 0 Å². The van der Waals surface area contributed by atoms with Gasteiger partial charge in [0.2, 0.25) is 0 Å². The molecule has 1 amide bonds. The van der Waals surface area contributed by atoms with Crippen LogP contribution in [0.25, 0.3) is 0 Å². The molecule has 0 saturated heterocycles. The van der Waals surface area contributed by atoms with Gasteiger partial charge in [-0.3, -0.25) is 14.4 Å². The molecule has 132 valence electrons. The number of nitrogen functional groups attached to an aromatic ring is 2. The number of hydrogen-bond acceptors (Lipinski definition) is 5. The predicted octanol–water partition coefficient (Wildman–Crippen LogP) is 2.88. The molecule has 3 aromatic carbocycles. The van der Waals surface area contributed by atoms with Crippen molar-refractivity contribution in [2.45, 2.75) is 0 Å². The molecular weight excluding hydrogens is 342 g/mol. The lowest BCUT2D eigenvalue weighted by Crippen LogP contribution is -2.26. The van der Waals surface area contributed by atoms with Crippen LogP contribution in [0.4, 0.5) is 17.1 Å². The lowest BCUT2D eigenvalue weighted by Gasteiger charge is -2.22. The van der Waals surface area contributed by atoms with Crippen molar-refractivity contribution in [1.29, 1.82) is 0 Å². The molecule has 5 N–H and O–H groups in total. The fourth-order valence-electron chi connectivity index (χ4n) is 3.26. The summed E-state index contributed by atoms with van der Waals surface area (Å²) >= 11 is 0. The van der Waals surface area contributed by atoms with Crippen LogP contribution >= 0.6 is 0 Å². The molecule has 0 radical (unpaired) electrons. The van der Waals surface area contributed by atoms with Crippen molar-refractivity contribution >= 4 is 34.5 Å². The van der Waals surface area contributed by atoms with Crippen LogP contribution in [0.5, 0.6) is 0 Å². The van der Waals surface area contributed by atoms with Crippen molar-refractivity contribution in [3.8, 4) is 0 Å². The van der Waals surface area contributed by atoms with E-state index in [2.05, 4.69) is 5.32 Å². The first-order valence-corrected chi connectivity index (χ1v) is 8.26. The molecule has 0 aliphatic heterocycles. The lowest BCUT2D eigenvalue weighted by atomic mass is 9.81. The van der Waals surface area contributed by atoms with Crippen molar-refractivity contribution in [3.05, 3.63) is 88.5 Å². The van der Waals surface area contributed by atoms with E-state index < -0.39 is 11.7 Å². The molecule has 1 aliphatic carbocycles. The number of para-hydroxylation sites is 1. The van der Waals surface area contributed by atoms with Crippen LogP contribution in [0.1, 0.15) is 42.2 Å². The number of carbonyl (C=O) groups is 3. The van der Waals surface area contributed by atoms with Gasteiger partial charge in [-0.05, 0) is 18.2 Å². The summed E-state index contributed by atoms with van der Waals surface area (Å²) in [5, 5.41) is 2.71. The van der Waals surface area contributed by atoms with Gasteiger partial charge in [0.15, 0.2) is 11.6 Å². The standard InChI is InChI=1S/C21H15N3O3/c22-15-10-14(21(27)24-11-6-2-1-3-7-11)18(23)17-16(15)19(25)12-8-4-5-9-13(12)20(17)26/h1-10H,22-23H2,(H,24,27). The first kappa shape index (κ1) is 16.5. The Hall–Kier alpha value is -3.93. The summed E-state index contributed by atoms with van der Waals surface area (Å²) in [5.74, 6) is -1.30. The van der Waals surface area contributed by atoms with E-state index in [9.17, 15) is 14.4 Å². The van der Waals surface area contributed by atoms with Crippen molar-refractivity contribution in [1.82, 2.24) is 0 Å². The van der Waals surface area contributed by atoms with Gasteiger partial charge in [0, 0.05) is 22.5 Å². The summed E-state index contributed by atoms with van der Waals surface area (Å²) in [6.07, 6.45) is 0. The van der Waals surface area contributed by atoms with Crippen molar-refractivity contribution in [2.75, 3.05) is 16.8 Å². The third-order valence-electron chi connectivity index (χ3n) is 4.54. The summed E-state index contributed by atoms with van der Waals surface area (Å²) in [7, 11) is 0. The smallest absolute Gasteiger partial charge is 0.257 e. The molecule has 0 aromatic heterocycles. The van der Waals surface area contributed by atoms with Crippen molar-refractivity contribution in [2.24, 2.45) is 0 Å². The van der Waals surface area contributed by atoms with Gasteiger partial charge in [-0.1, -0.05) is 42.5 Å². The largest absolute Gasteiger partial charge is 0.398 e. The average Bonchev–Trinajstić information content (AvgIpc) is 2.68. The maximum absolute atomic E-state index is 12.9. The van der Waals surface area contributed by atoms with Gasteiger partial charge >= 0.3 is 0 Å². The summed E-state index contributed by atoms with van der Waals surface area (Å²) in [5.41, 5.74) is 13.4. The number of carbonyl (C=O) groups excluding carboxylic acids is 3. The van der Waals surface area contributed by atoms with Gasteiger partial charge in [0.1, 0.15) is 0 Å². The minimum atomic E-state index is -0.507. The second-order valence-electron chi connectivity index (χ2n) is 6.20. The van der Waals surface area contributed by atoms with Crippen LogP contribution in [0.15, 0.2) is 60.7 Å². The zero-order valence-corrected chi connectivity index (χ0v) is 14.2. The van der Waals surface area contributed by atoms with Crippen molar-refractivity contribution in [3.63, 3.8) is 0 Å². The average molecular weight is 357 g/mol. The number of nitrogens with one attached hydrogen (secondary N) is 1. The van der Waals surface area contributed by atoms with E-state index in [1.165, 1.54) is 6.07 Å². The molecule has 1 aliphatic rings. The molecule has 0 heterocycles. The highest BCUT2D eigenvalue weighted by Gasteiger charge is 2.34. The molecular formula is C21H15N3O3. The van der Waals surface area contributed by atoms with E-state index >= 15 is 0 Å². The van der Waals surface area contributed by atoms with Gasteiger partial charge in [-0.25, -0.2) is 0 Å². The van der Waals surface area contributed by atoms with E-state index in [-0.39, 0.29) is 45.0 Å². The molecule has 4 rings (SSSR count). The molecule has 6 nitrogen and oxygen atoms in total. The second-order valence-corrected chi connectivity index (χ2v) is 6.20. The van der Waals surface area contributed by atoms with Crippen LogP contribution < -0.4 is 16.8 Å². The van der Waals surface area contributed by atoms with Crippen LogP contribution in [0.3, 0.4) is 0 Å². The number of fused-ring (bicyclic) bond motifs is 2. The van der Waals surface area contributed by atoms with Gasteiger partial charge in [0.05, 0.1) is 22.4 Å². The zero-order chi connectivity index (χ0) is 19.1. The fourth-order valence-corrected chi connectivity index (χ4v) is 3.26. The summed E-state index contributed by atoms with van der Waals surface area (Å²) < 4.78 is 0. The molecule has 0 spiro atoms. The Morgan fingerprint density at radius 1 is 0.778 bits per heavy atom. The second kappa shape index (κ2) is 6.10. The third-order valence-corrected chi connectivity index (χ3v) is 4.54. The van der Waals surface area contributed by atoms with E-state index in [0.717, 1.165) is 0 Å². The quantitative estimate of drug-likeness (QED) is 0.477. The Morgan fingerprint density at radius 2 is 1.33 bits per heavy atom. The summed E-state index contributed by atoms with van der Waals surface area (Å²) in [4.78, 5) is 38.4. The van der Waals surface area contributed by atoms with Crippen LogP contribution in [-0.2, 0) is 0 Å². The van der Waals surface area contributed by atoms with E-state index in [4.69, 9.17) is 11.5 Å². The Morgan fingerprint density at radius 3 is 1.96 bits per heavy atom. The van der Waals surface area contributed by atoms with Gasteiger partial charge in [-0.15, -0.1) is 0 Å². The van der Waals surface area contributed by atoms with Crippen LogP contribution in [-0.4, -0.2) is 17.5 Å². The van der Waals surface area contributed by atoms with E-state index in [1.807, 2.05) is 6.07 Å². The molecule has 0 unspecified atom stereocenters. The molecule has 6 heteroatoms. The first-order chi connectivity index (χ1) is 13.0. The predicted molar refractivity (Wildman–Crippen MR) is 103 cm³/mol. The maximum Gasteiger partial charge on any atom is 0.257 e. The van der Waals surface area contributed by atoms with Gasteiger partial charge in [0.25, 0.3) is 5.91 Å². The topological polar surface area (TPSA) is 115 Å². The molecule has 0 bridgehead atoms. The molecule has 0 fully saturated rings.